The summed E-state index contributed by atoms with van der Waals surface area (Å²) in [6, 6.07) is 14.6. The average Bonchev–Trinajstić information content (AvgIpc) is 3.08. The first-order chi connectivity index (χ1) is 14.1. The van der Waals surface area contributed by atoms with Crippen LogP contribution in [0.15, 0.2) is 53.6 Å². The second kappa shape index (κ2) is 9.73. The molecule has 1 heterocycles. The third-order valence-corrected chi connectivity index (χ3v) is 5.45. The highest BCUT2D eigenvalue weighted by Crippen LogP contribution is 2.34. The summed E-state index contributed by atoms with van der Waals surface area (Å²) in [6.07, 6.45) is 6.63. The van der Waals surface area contributed by atoms with E-state index in [2.05, 4.69) is 21.8 Å². The standard InChI is InChI=1S/C21H16ClN3O3S/c1-2-11-28-16-9-5-3-7-14(16)12-24-25-18(26)13-23-21(27)20-19(22)15-8-4-6-10-17(15)29-20/h1,3-10,12H,11,13H2,(H,23,27)(H,25,26)/b24-12-. The normalized spacial score (nSPS) is 10.6. The average molecular weight is 426 g/mol. The van der Waals surface area contributed by atoms with Gasteiger partial charge < -0.3 is 10.1 Å². The monoisotopic (exact) mass is 425 g/mol. The summed E-state index contributed by atoms with van der Waals surface area (Å²) in [7, 11) is 0. The number of halogens is 1. The molecule has 3 rings (SSSR count). The van der Waals surface area contributed by atoms with Gasteiger partial charge in [0.15, 0.2) is 0 Å². The molecule has 2 amide bonds. The van der Waals surface area contributed by atoms with E-state index in [1.54, 1.807) is 24.3 Å². The van der Waals surface area contributed by atoms with Crippen molar-refractivity contribution in [2.45, 2.75) is 0 Å². The quantitative estimate of drug-likeness (QED) is 0.345. The minimum atomic E-state index is -0.478. The molecule has 0 unspecified atom stereocenters. The van der Waals surface area contributed by atoms with Gasteiger partial charge in [-0.1, -0.05) is 47.9 Å². The molecular formula is C21H16ClN3O3S. The summed E-state index contributed by atoms with van der Waals surface area (Å²) in [5, 5.41) is 7.61. The van der Waals surface area contributed by atoms with Crippen LogP contribution in [-0.2, 0) is 4.79 Å². The maximum Gasteiger partial charge on any atom is 0.263 e. The lowest BCUT2D eigenvalue weighted by Gasteiger charge is -2.06. The van der Waals surface area contributed by atoms with Gasteiger partial charge in [-0.15, -0.1) is 17.8 Å². The number of amides is 2. The minimum absolute atomic E-state index is 0.129. The van der Waals surface area contributed by atoms with Crippen molar-refractivity contribution in [2.75, 3.05) is 13.2 Å². The molecule has 0 aliphatic heterocycles. The van der Waals surface area contributed by atoms with Gasteiger partial charge in [-0.3, -0.25) is 9.59 Å². The SMILES string of the molecule is C#CCOc1ccccc1/C=N\NC(=O)CNC(=O)c1sc2ccccc2c1Cl. The fourth-order valence-electron chi connectivity index (χ4n) is 2.45. The molecule has 1 aromatic heterocycles. The maximum absolute atomic E-state index is 12.3. The van der Waals surface area contributed by atoms with E-state index in [1.807, 2.05) is 24.3 Å². The highest BCUT2D eigenvalue weighted by atomic mass is 35.5. The first-order valence-corrected chi connectivity index (χ1v) is 9.72. The Hall–Kier alpha value is -3.34. The van der Waals surface area contributed by atoms with Gasteiger partial charge in [-0.25, -0.2) is 5.43 Å². The Bertz CT molecular complexity index is 1120. The third-order valence-electron chi connectivity index (χ3n) is 3.77. The van der Waals surface area contributed by atoms with Crippen LogP contribution >= 0.6 is 22.9 Å². The molecule has 0 bridgehead atoms. The summed E-state index contributed by atoms with van der Waals surface area (Å²) in [5.41, 5.74) is 3.01. The first kappa shape index (κ1) is 20.4. The Morgan fingerprint density at radius 2 is 1.97 bits per heavy atom. The molecule has 3 aromatic rings. The largest absolute Gasteiger partial charge is 0.480 e. The lowest BCUT2D eigenvalue weighted by molar-refractivity contribution is -0.120. The van der Waals surface area contributed by atoms with Crippen LogP contribution in [0.5, 0.6) is 5.75 Å². The molecule has 0 aliphatic carbocycles. The molecule has 0 aliphatic rings. The number of hydrogen-bond acceptors (Lipinski definition) is 5. The van der Waals surface area contributed by atoms with Crippen LogP contribution in [0.4, 0.5) is 0 Å². The van der Waals surface area contributed by atoms with E-state index in [1.165, 1.54) is 17.6 Å². The highest BCUT2D eigenvalue weighted by Gasteiger charge is 2.17. The van der Waals surface area contributed by atoms with Gasteiger partial charge in [0, 0.05) is 15.6 Å². The summed E-state index contributed by atoms with van der Waals surface area (Å²) in [6.45, 7) is -0.112. The number of fused-ring (bicyclic) bond motifs is 1. The smallest absolute Gasteiger partial charge is 0.263 e. The Kier molecular flexibility index (Phi) is 6.85. The maximum atomic E-state index is 12.3. The molecule has 0 radical (unpaired) electrons. The van der Waals surface area contributed by atoms with Crippen molar-refractivity contribution < 1.29 is 14.3 Å². The molecule has 8 heteroatoms. The molecule has 0 atom stereocenters. The number of nitrogens with one attached hydrogen (secondary N) is 2. The molecular weight excluding hydrogens is 410 g/mol. The molecule has 29 heavy (non-hydrogen) atoms. The van der Waals surface area contributed by atoms with Gasteiger partial charge in [-0.05, 0) is 18.2 Å². The number of nitrogens with zero attached hydrogens (tertiary/aromatic N) is 1. The van der Waals surface area contributed by atoms with Crippen LogP contribution in [0.25, 0.3) is 10.1 Å². The predicted octanol–water partition coefficient (Wildman–Crippen LogP) is 3.45. The van der Waals surface area contributed by atoms with Crippen molar-refractivity contribution in [3.8, 4) is 18.1 Å². The van der Waals surface area contributed by atoms with Crippen molar-refractivity contribution in [2.24, 2.45) is 5.10 Å². The van der Waals surface area contributed by atoms with Gasteiger partial charge in [0.25, 0.3) is 11.8 Å². The van der Waals surface area contributed by atoms with E-state index < -0.39 is 11.8 Å². The number of carbonyl (C=O) groups is 2. The molecule has 0 spiro atoms. The number of benzene rings is 2. The highest BCUT2D eigenvalue weighted by molar-refractivity contribution is 7.21. The van der Waals surface area contributed by atoms with Crippen molar-refractivity contribution in [3.63, 3.8) is 0 Å². The van der Waals surface area contributed by atoms with E-state index in [0.29, 0.717) is 21.2 Å². The molecule has 0 fully saturated rings. The number of hydrogen-bond donors (Lipinski definition) is 2. The second-order valence-electron chi connectivity index (χ2n) is 5.75. The Labute approximate surface area is 176 Å². The number of carbonyl (C=O) groups excluding carboxylic acids is 2. The van der Waals surface area contributed by atoms with Gasteiger partial charge in [0.05, 0.1) is 17.8 Å². The number of rotatable bonds is 7. The van der Waals surface area contributed by atoms with Crippen molar-refractivity contribution >= 4 is 51.1 Å². The van der Waals surface area contributed by atoms with Crippen LogP contribution in [0, 0.1) is 12.3 Å². The van der Waals surface area contributed by atoms with Gasteiger partial charge >= 0.3 is 0 Å². The number of ether oxygens (including phenoxy) is 1. The zero-order chi connectivity index (χ0) is 20.6. The van der Waals surface area contributed by atoms with Crippen LogP contribution in [0.1, 0.15) is 15.2 Å². The van der Waals surface area contributed by atoms with Crippen molar-refractivity contribution in [1.82, 2.24) is 10.7 Å². The van der Waals surface area contributed by atoms with E-state index in [0.717, 1.165) is 10.1 Å². The van der Waals surface area contributed by atoms with Crippen LogP contribution in [0.2, 0.25) is 5.02 Å². The van der Waals surface area contributed by atoms with E-state index in [9.17, 15) is 9.59 Å². The zero-order valence-electron chi connectivity index (χ0n) is 15.1. The molecule has 6 nitrogen and oxygen atoms in total. The van der Waals surface area contributed by atoms with Gasteiger partial charge in [0.1, 0.15) is 17.2 Å². The Balaban J connectivity index is 1.55. The second-order valence-corrected chi connectivity index (χ2v) is 7.18. The third kappa shape index (κ3) is 5.13. The molecule has 2 N–H and O–H groups in total. The molecule has 2 aromatic carbocycles. The first-order valence-electron chi connectivity index (χ1n) is 8.52. The zero-order valence-corrected chi connectivity index (χ0v) is 16.7. The number of terminal acetylenes is 1. The van der Waals surface area contributed by atoms with Crippen LogP contribution < -0.4 is 15.5 Å². The van der Waals surface area contributed by atoms with Crippen molar-refractivity contribution in [1.29, 1.82) is 0 Å². The lowest BCUT2D eigenvalue weighted by Crippen LogP contribution is -2.34. The fraction of sp³-hybridized carbons (Fsp3) is 0.0952. The van der Waals surface area contributed by atoms with E-state index in [4.69, 9.17) is 22.8 Å². The summed E-state index contributed by atoms with van der Waals surface area (Å²) >= 11 is 7.54. The van der Waals surface area contributed by atoms with E-state index in [-0.39, 0.29) is 13.2 Å². The Morgan fingerprint density at radius 1 is 1.21 bits per heavy atom. The number of para-hydroxylation sites is 1. The Morgan fingerprint density at radius 3 is 2.76 bits per heavy atom. The fourth-order valence-corrected chi connectivity index (χ4v) is 3.89. The summed E-state index contributed by atoms with van der Waals surface area (Å²) < 4.78 is 6.30. The lowest BCUT2D eigenvalue weighted by atomic mass is 10.2. The predicted molar refractivity (Wildman–Crippen MR) is 116 cm³/mol. The van der Waals surface area contributed by atoms with Crippen LogP contribution in [0.3, 0.4) is 0 Å². The molecule has 0 saturated carbocycles. The molecule has 146 valence electrons. The number of hydrazone groups is 1. The van der Waals surface area contributed by atoms with Crippen LogP contribution in [-0.4, -0.2) is 31.2 Å². The molecule has 0 saturated heterocycles. The number of thiophene rings is 1. The van der Waals surface area contributed by atoms with E-state index >= 15 is 0 Å². The van der Waals surface area contributed by atoms with Crippen molar-refractivity contribution in [3.05, 3.63) is 64.0 Å². The minimum Gasteiger partial charge on any atom is -0.480 e. The van der Waals surface area contributed by atoms with Gasteiger partial charge in [0.2, 0.25) is 0 Å². The van der Waals surface area contributed by atoms with Gasteiger partial charge in [-0.2, -0.15) is 5.10 Å². The summed E-state index contributed by atoms with van der Waals surface area (Å²) in [5.74, 6) is 2.05. The topological polar surface area (TPSA) is 79.8 Å². The summed E-state index contributed by atoms with van der Waals surface area (Å²) in [4.78, 5) is 24.7.